The Hall–Kier alpha value is -0.960. The molecule has 2 rings (SSSR count). The van der Waals surface area contributed by atoms with Crippen molar-refractivity contribution in [2.75, 3.05) is 20.7 Å². The summed E-state index contributed by atoms with van der Waals surface area (Å²) in [5.74, 6) is 2.34. The van der Waals surface area contributed by atoms with Gasteiger partial charge in [0.15, 0.2) is 6.10 Å². The number of oxime groups is 1. The van der Waals surface area contributed by atoms with Crippen molar-refractivity contribution in [2.24, 2.45) is 22.9 Å². The number of hydrogen-bond acceptors (Lipinski definition) is 4. The summed E-state index contributed by atoms with van der Waals surface area (Å²) < 4.78 is 2.22. The van der Waals surface area contributed by atoms with Gasteiger partial charge in [-0.2, -0.15) is 0 Å². The van der Waals surface area contributed by atoms with Gasteiger partial charge >= 0.3 is 0 Å². The molecule has 1 heterocycles. The molecule has 3 unspecified atom stereocenters. The maximum absolute atomic E-state index is 7.00. The molecule has 0 amide bonds. The summed E-state index contributed by atoms with van der Waals surface area (Å²) in [6.07, 6.45) is 16.0. The lowest BCUT2D eigenvalue weighted by atomic mass is 9.77. The Kier molecular flexibility index (Phi) is 22.7. The van der Waals surface area contributed by atoms with Crippen LogP contribution in [0.3, 0.4) is 0 Å². The lowest BCUT2D eigenvalue weighted by Crippen LogP contribution is -2.22. The van der Waals surface area contributed by atoms with Gasteiger partial charge in [-0.25, -0.2) is 0 Å². The van der Waals surface area contributed by atoms with Crippen LogP contribution in [-0.4, -0.2) is 42.3 Å². The van der Waals surface area contributed by atoms with Gasteiger partial charge in [0.05, 0.1) is 5.71 Å². The van der Waals surface area contributed by atoms with Crippen LogP contribution in [0.4, 0.5) is 0 Å². The molecule has 1 saturated carbocycles. The Balaban J connectivity index is 0. The van der Waals surface area contributed by atoms with Crippen molar-refractivity contribution < 1.29 is 9.94 Å². The van der Waals surface area contributed by atoms with Gasteiger partial charge in [0.2, 0.25) is 0 Å². The van der Waals surface area contributed by atoms with Gasteiger partial charge in [0, 0.05) is 26.0 Å². The molecule has 0 spiro atoms. The number of allylic oxidation sites excluding steroid dienone is 2. The first-order chi connectivity index (χ1) is 15.4. The SMILES string of the molecule is C/C=C\C.C=CC(=C)C1CC(C2CCCC(C(C)CCN(C)P)CCC2)=NO1.CC.CO. The zero-order valence-corrected chi connectivity index (χ0v) is 23.3. The second-order valence-electron chi connectivity index (χ2n) is 8.39. The van der Waals surface area contributed by atoms with Gasteiger partial charge in [-0.05, 0) is 57.6 Å². The summed E-state index contributed by atoms with van der Waals surface area (Å²) in [6, 6.07) is 0. The van der Waals surface area contributed by atoms with E-state index >= 15 is 0 Å². The average Bonchev–Trinajstić information content (AvgIpc) is 3.30. The number of rotatable bonds is 7. The fourth-order valence-corrected chi connectivity index (χ4v) is 4.20. The third-order valence-corrected chi connectivity index (χ3v) is 6.43. The number of hydrogen-bond donors (Lipinski definition) is 1. The third-order valence-electron chi connectivity index (χ3n) is 6.17. The van der Waals surface area contributed by atoms with Crippen molar-refractivity contribution in [2.45, 2.75) is 92.1 Å². The van der Waals surface area contributed by atoms with Gasteiger partial charge in [-0.1, -0.05) is 92.4 Å². The molecule has 0 aromatic carbocycles. The van der Waals surface area contributed by atoms with E-state index in [9.17, 15) is 0 Å². The van der Waals surface area contributed by atoms with E-state index in [0.717, 1.165) is 30.9 Å². The summed E-state index contributed by atoms with van der Waals surface area (Å²) in [6.45, 7) is 19.4. The molecular formula is C27H53N2O2P. The van der Waals surface area contributed by atoms with Crippen LogP contribution in [0.1, 0.15) is 86.0 Å². The molecule has 188 valence electrons. The number of nitrogens with zero attached hydrogens (tertiary/aromatic N) is 2. The average molecular weight is 469 g/mol. The number of aliphatic hydroxyl groups is 1. The molecular weight excluding hydrogens is 415 g/mol. The van der Waals surface area contributed by atoms with E-state index in [1.807, 2.05) is 39.8 Å². The minimum absolute atomic E-state index is 0.0274. The molecule has 1 aliphatic carbocycles. The van der Waals surface area contributed by atoms with Crippen molar-refractivity contribution in [3.63, 3.8) is 0 Å². The Morgan fingerprint density at radius 3 is 2.16 bits per heavy atom. The molecule has 1 aliphatic heterocycles. The lowest BCUT2D eigenvalue weighted by molar-refractivity contribution is 0.114. The van der Waals surface area contributed by atoms with Crippen LogP contribution in [-0.2, 0) is 4.84 Å². The van der Waals surface area contributed by atoms with Crippen LogP contribution in [0.5, 0.6) is 0 Å². The molecule has 0 radical (unpaired) electrons. The van der Waals surface area contributed by atoms with Gasteiger partial charge in [0.1, 0.15) is 0 Å². The van der Waals surface area contributed by atoms with Crippen LogP contribution in [0.25, 0.3) is 0 Å². The topological polar surface area (TPSA) is 45.1 Å². The van der Waals surface area contributed by atoms with Crippen molar-refractivity contribution in [3.8, 4) is 0 Å². The summed E-state index contributed by atoms with van der Waals surface area (Å²) in [5, 5.41) is 11.4. The molecule has 4 nitrogen and oxygen atoms in total. The highest BCUT2D eigenvalue weighted by molar-refractivity contribution is 7.13. The fraction of sp³-hybridized carbons (Fsp3) is 0.741. The van der Waals surface area contributed by atoms with Crippen LogP contribution >= 0.6 is 9.39 Å². The largest absolute Gasteiger partial charge is 0.400 e. The Labute approximate surface area is 202 Å². The van der Waals surface area contributed by atoms with Gasteiger partial charge < -0.3 is 9.94 Å². The summed E-state index contributed by atoms with van der Waals surface area (Å²) in [7, 11) is 5.91. The standard InChI is InChI=1S/C20H35N2OP.C4H8.C2H6.CH4O/c1-5-15(2)20-14-19(21-23-20)18-10-6-8-17(9-7-11-18)16(3)12-13-22(4)24;1-3-4-2;2*1-2/h5,16-18,20H,1-2,6-14,24H2,3-4H3;3-4H,1-2H3;1-2H3;2H,1H3/b;4-3-;;. The predicted octanol–water partition coefficient (Wildman–Crippen LogP) is 7.43. The first kappa shape index (κ1) is 33.2. The highest BCUT2D eigenvalue weighted by Gasteiger charge is 2.29. The molecule has 5 heteroatoms. The van der Waals surface area contributed by atoms with Crippen LogP contribution < -0.4 is 0 Å². The molecule has 0 aromatic rings. The van der Waals surface area contributed by atoms with Crippen LogP contribution in [0.2, 0.25) is 0 Å². The molecule has 3 atom stereocenters. The minimum atomic E-state index is 0.0274. The summed E-state index contributed by atoms with van der Waals surface area (Å²) in [4.78, 5) is 5.57. The second kappa shape index (κ2) is 21.9. The van der Waals surface area contributed by atoms with E-state index in [-0.39, 0.29) is 6.10 Å². The smallest absolute Gasteiger partial charge is 0.157 e. The molecule has 0 bridgehead atoms. The number of aliphatic hydroxyl groups excluding tert-OH is 1. The molecule has 0 saturated heterocycles. The van der Waals surface area contributed by atoms with Crippen LogP contribution in [0.15, 0.2) is 42.1 Å². The maximum atomic E-state index is 7.00. The Bertz CT molecular complexity index is 518. The molecule has 0 aromatic heterocycles. The van der Waals surface area contributed by atoms with E-state index in [1.54, 1.807) is 6.08 Å². The zero-order valence-electron chi connectivity index (χ0n) is 22.1. The highest BCUT2D eigenvalue weighted by Crippen LogP contribution is 2.34. The van der Waals surface area contributed by atoms with E-state index < -0.39 is 0 Å². The molecule has 1 fully saturated rings. The lowest BCUT2D eigenvalue weighted by Gasteiger charge is -2.29. The van der Waals surface area contributed by atoms with Crippen molar-refractivity contribution in [1.29, 1.82) is 0 Å². The first-order valence-electron chi connectivity index (χ1n) is 12.4. The molecule has 32 heavy (non-hydrogen) atoms. The Morgan fingerprint density at radius 1 is 1.19 bits per heavy atom. The van der Waals surface area contributed by atoms with Crippen LogP contribution in [0, 0.1) is 17.8 Å². The predicted molar refractivity (Wildman–Crippen MR) is 147 cm³/mol. The van der Waals surface area contributed by atoms with Crippen molar-refractivity contribution in [1.82, 2.24) is 4.67 Å². The summed E-state index contributed by atoms with van der Waals surface area (Å²) >= 11 is 0. The zero-order chi connectivity index (χ0) is 24.9. The van der Waals surface area contributed by atoms with Gasteiger partial charge in [-0.3, -0.25) is 4.67 Å². The van der Waals surface area contributed by atoms with E-state index in [2.05, 4.69) is 46.3 Å². The molecule has 2 aliphatic rings. The quantitative estimate of drug-likeness (QED) is 0.240. The van der Waals surface area contributed by atoms with Crippen molar-refractivity contribution >= 4 is 15.1 Å². The van der Waals surface area contributed by atoms with Crippen molar-refractivity contribution in [3.05, 3.63) is 37.0 Å². The van der Waals surface area contributed by atoms with Gasteiger partial charge in [-0.15, -0.1) is 0 Å². The monoisotopic (exact) mass is 468 g/mol. The minimum Gasteiger partial charge on any atom is -0.400 e. The van der Waals surface area contributed by atoms with E-state index in [4.69, 9.17) is 9.94 Å². The molecule has 1 N–H and O–H groups in total. The normalized spacial score (nSPS) is 23.6. The Morgan fingerprint density at radius 2 is 1.72 bits per heavy atom. The van der Waals surface area contributed by atoms with E-state index in [1.165, 1.54) is 57.2 Å². The highest BCUT2D eigenvalue weighted by atomic mass is 31.0. The van der Waals surface area contributed by atoms with E-state index in [0.29, 0.717) is 5.92 Å². The second-order valence-corrected chi connectivity index (χ2v) is 9.27. The fourth-order valence-electron chi connectivity index (χ4n) is 4.05. The first-order valence-corrected chi connectivity index (χ1v) is 13.0. The third kappa shape index (κ3) is 14.2. The maximum Gasteiger partial charge on any atom is 0.157 e. The van der Waals surface area contributed by atoms with Gasteiger partial charge in [0.25, 0.3) is 0 Å². The summed E-state index contributed by atoms with van der Waals surface area (Å²) in [5.41, 5.74) is 2.21.